The van der Waals surface area contributed by atoms with E-state index in [1.54, 1.807) is 6.21 Å². The summed E-state index contributed by atoms with van der Waals surface area (Å²) < 4.78 is 11.3. The number of nitrogens with one attached hydrogen (secondary N) is 1. The lowest BCUT2D eigenvalue weighted by Gasteiger charge is -2.07. The van der Waals surface area contributed by atoms with E-state index in [1.807, 2.05) is 85.8 Å². The molecule has 3 aromatic rings. The van der Waals surface area contributed by atoms with E-state index >= 15 is 0 Å². The maximum absolute atomic E-state index is 11.9. The van der Waals surface area contributed by atoms with Crippen molar-refractivity contribution in [2.45, 2.75) is 13.5 Å². The molecule has 0 radical (unpaired) electrons. The van der Waals surface area contributed by atoms with Crippen LogP contribution in [0.4, 0.5) is 0 Å². The van der Waals surface area contributed by atoms with Gasteiger partial charge in [0.15, 0.2) is 6.61 Å². The van der Waals surface area contributed by atoms with E-state index in [0.29, 0.717) is 12.4 Å². The Morgan fingerprint density at radius 1 is 0.964 bits per heavy atom. The summed E-state index contributed by atoms with van der Waals surface area (Å²) in [5, 5.41) is 3.98. The minimum absolute atomic E-state index is 0.0948. The molecule has 1 amide bonds. The lowest BCUT2D eigenvalue weighted by Crippen LogP contribution is -2.24. The van der Waals surface area contributed by atoms with Crippen molar-refractivity contribution in [3.8, 4) is 11.5 Å². The monoisotopic (exact) mass is 374 g/mol. The molecular weight excluding hydrogens is 352 g/mol. The van der Waals surface area contributed by atoms with Gasteiger partial charge in [-0.25, -0.2) is 5.43 Å². The topological polar surface area (TPSA) is 59.9 Å². The fourth-order valence-corrected chi connectivity index (χ4v) is 2.50. The highest BCUT2D eigenvalue weighted by atomic mass is 16.5. The van der Waals surface area contributed by atoms with E-state index in [1.165, 1.54) is 0 Å². The molecule has 142 valence electrons. The molecule has 0 fully saturated rings. The van der Waals surface area contributed by atoms with Crippen molar-refractivity contribution >= 4 is 12.1 Å². The number of benzene rings is 3. The van der Waals surface area contributed by atoms with E-state index in [-0.39, 0.29) is 12.5 Å². The fourth-order valence-electron chi connectivity index (χ4n) is 2.50. The van der Waals surface area contributed by atoms with Crippen LogP contribution in [0, 0.1) is 6.92 Å². The van der Waals surface area contributed by atoms with E-state index in [9.17, 15) is 4.79 Å². The Bertz CT molecular complexity index is 939. The number of carbonyl (C=O) groups is 1. The zero-order valence-electron chi connectivity index (χ0n) is 15.7. The smallest absolute Gasteiger partial charge is 0.277 e. The molecule has 5 nitrogen and oxygen atoms in total. The van der Waals surface area contributed by atoms with Gasteiger partial charge in [-0.05, 0) is 41.8 Å². The van der Waals surface area contributed by atoms with Crippen molar-refractivity contribution < 1.29 is 14.3 Å². The maximum Gasteiger partial charge on any atom is 0.277 e. The van der Waals surface area contributed by atoms with Gasteiger partial charge in [-0.1, -0.05) is 60.7 Å². The number of nitrogens with zero attached hydrogens (tertiary/aromatic N) is 1. The first-order chi connectivity index (χ1) is 13.7. The number of amides is 1. The van der Waals surface area contributed by atoms with Crippen LogP contribution in [0.25, 0.3) is 0 Å². The van der Waals surface area contributed by atoms with Crippen LogP contribution in [0.2, 0.25) is 0 Å². The third kappa shape index (κ3) is 5.99. The summed E-state index contributed by atoms with van der Waals surface area (Å²) in [5.41, 5.74) is 5.36. The number of rotatable bonds is 8. The number of aryl methyl sites for hydroxylation is 1. The Balaban J connectivity index is 1.47. The first kappa shape index (κ1) is 19.2. The van der Waals surface area contributed by atoms with Gasteiger partial charge >= 0.3 is 0 Å². The van der Waals surface area contributed by atoms with E-state index in [2.05, 4.69) is 10.5 Å². The first-order valence-electron chi connectivity index (χ1n) is 8.98. The molecule has 0 unspecified atom stereocenters. The van der Waals surface area contributed by atoms with Crippen LogP contribution >= 0.6 is 0 Å². The second-order valence-electron chi connectivity index (χ2n) is 6.19. The van der Waals surface area contributed by atoms with Crippen LogP contribution in [0.15, 0.2) is 84.0 Å². The second kappa shape index (κ2) is 9.92. The Hall–Kier alpha value is -3.60. The Kier molecular flexibility index (Phi) is 6.79. The summed E-state index contributed by atoms with van der Waals surface area (Å²) >= 11 is 0. The molecule has 1 N–H and O–H groups in total. The van der Waals surface area contributed by atoms with E-state index in [0.717, 1.165) is 22.4 Å². The molecule has 0 aliphatic heterocycles. The molecule has 0 aliphatic rings. The van der Waals surface area contributed by atoms with E-state index < -0.39 is 0 Å². The van der Waals surface area contributed by atoms with Crippen molar-refractivity contribution in [2.75, 3.05) is 6.61 Å². The quantitative estimate of drug-likeness (QED) is 0.477. The molecule has 0 saturated heterocycles. The van der Waals surface area contributed by atoms with Gasteiger partial charge in [-0.3, -0.25) is 4.79 Å². The average Bonchev–Trinajstić information content (AvgIpc) is 2.73. The van der Waals surface area contributed by atoms with Crippen molar-refractivity contribution in [2.24, 2.45) is 5.10 Å². The van der Waals surface area contributed by atoms with Crippen LogP contribution in [0.3, 0.4) is 0 Å². The molecule has 28 heavy (non-hydrogen) atoms. The Morgan fingerprint density at radius 3 is 2.57 bits per heavy atom. The molecule has 3 aromatic carbocycles. The van der Waals surface area contributed by atoms with Crippen LogP contribution in [0.1, 0.15) is 16.7 Å². The van der Waals surface area contributed by atoms with Gasteiger partial charge in [0.05, 0.1) is 6.21 Å². The number of hydrogen-bond donors (Lipinski definition) is 1. The summed E-state index contributed by atoms with van der Waals surface area (Å²) in [6.45, 7) is 2.33. The summed E-state index contributed by atoms with van der Waals surface area (Å²) in [4.78, 5) is 11.9. The maximum atomic E-state index is 11.9. The third-order valence-corrected chi connectivity index (χ3v) is 3.96. The highest BCUT2D eigenvalue weighted by Gasteiger charge is 2.03. The molecule has 0 saturated carbocycles. The standard InChI is InChI=1S/C23H22N2O3/c1-18-8-5-6-13-22(18)28-17-23(26)25-24-15-20-11-7-12-21(14-20)27-16-19-9-3-2-4-10-19/h2-15H,16-17H2,1H3,(H,25,26). The van der Waals surface area contributed by atoms with Crippen LogP contribution in [-0.4, -0.2) is 18.7 Å². The largest absolute Gasteiger partial charge is 0.489 e. The van der Waals surface area contributed by atoms with Crippen LogP contribution in [0.5, 0.6) is 11.5 Å². The van der Waals surface area contributed by atoms with Gasteiger partial charge in [-0.2, -0.15) is 5.10 Å². The third-order valence-electron chi connectivity index (χ3n) is 3.96. The van der Waals surface area contributed by atoms with Gasteiger partial charge in [-0.15, -0.1) is 0 Å². The SMILES string of the molecule is Cc1ccccc1OCC(=O)NN=Cc1cccc(OCc2ccccc2)c1. The molecule has 0 aromatic heterocycles. The first-order valence-corrected chi connectivity index (χ1v) is 8.98. The Morgan fingerprint density at radius 2 is 1.75 bits per heavy atom. The Labute approximate surface area is 164 Å². The molecule has 5 heteroatoms. The van der Waals surface area contributed by atoms with Gasteiger partial charge in [0.1, 0.15) is 18.1 Å². The van der Waals surface area contributed by atoms with Crippen molar-refractivity contribution in [3.05, 3.63) is 95.6 Å². The molecule has 0 bridgehead atoms. The van der Waals surface area contributed by atoms with Crippen LogP contribution < -0.4 is 14.9 Å². The lowest BCUT2D eigenvalue weighted by molar-refractivity contribution is -0.123. The number of para-hydroxylation sites is 1. The summed E-state index contributed by atoms with van der Waals surface area (Å²) in [6, 6.07) is 25.0. The average molecular weight is 374 g/mol. The van der Waals surface area contributed by atoms with Crippen LogP contribution in [-0.2, 0) is 11.4 Å². The summed E-state index contributed by atoms with van der Waals surface area (Å²) in [6.07, 6.45) is 1.57. The minimum atomic E-state index is -0.323. The molecule has 0 heterocycles. The number of hydrazone groups is 1. The van der Waals surface area contributed by atoms with E-state index in [4.69, 9.17) is 9.47 Å². The predicted molar refractivity (Wildman–Crippen MR) is 110 cm³/mol. The zero-order valence-corrected chi connectivity index (χ0v) is 15.7. The number of carbonyl (C=O) groups excluding carboxylic acids is 1. The lowest BCUT2D eigenvalue weighted by atomic mass is 10.2. The molecule has 0 spiro atoms. The molecule has 0 aliphatic carbocycles. The molecular formula is C23H22N2O3. The fraction of sp³-hybridized carbons (Fsp3) is 0.130. The second-order valence-corrected chi connectivity index (χ2v) is 6.19. The summed E-state index contributed by atoms with van der Waals surface area (Å²) in [7, 11) is 0. The van der Waals surface area contributed by atoms with Crippen molar-refractivity contribution in [3.63, 3.8) is 0 Å². The van der Waals surface area contributed by atoms with Gasteiger partial charge in [0, 0.05) is 0 Å². The zero-order chi connectivity index (χ0) is 19.6. The van der Waals surface area contributed by atoms with Gasteiger partial charge < -0.3 is 9.47 Å². The number of ether oxygens (including phenoxy) is 2. The minimum Gasteiger partial charge on any atom is -0.489 e. The molecule has 3 rings (SSSR count). The highest BCUT2D eigenvalue weighted by molar-refractivity contribution is 5.83. The van der Waals surface area contributed by atoms with Crippen molar-refractivity contribution in [1.29, 1.82) is 0 Å². The normalized spacial score (nSPS) is 10.6. The number of hydrogen-bond acceptors (Lipinski definition) is 4. The summed E-state index contributed by atoms with van der Waals surface area (Å²) in [5.74, 6) is 1.10. The van der Waals surface area contributed by atoms with Gasteiger partial charge in [0.25, 0.3) is 5.91 Å². The van der Waals surface area contributed by atoms with Crippen molar-refractivity contribution in [1.82, 2.24) is 5.43 Å². The predicted octanol–water partition coefficient (Wildman–Crippen LogP) is 4.10. The highest BCUT2D eigenvalue weighted by Crippen LogP contribution is 2.16. The van der Waals surface area contributed by atoms with Gasteiger partial charge in [0.2, 0.25) is 0 Å². The molecule has 0 atom stereocenters.